The van der Waals surface area contributed by atoms with E-state index < -0.39 is 11.9 Å². The van der Waals surface area contributed by atoms with Gasteiger partial charge in [0.25, 0.3) is 0 Å². The fraction of sp³-hybridized carbons (Fsp3) is 0.533. The highest BCUT2D eigenvalue weighted by atomic mass is 16.5. The number of likely N-dealkylation sites (N-methyl/N-ethyl adjacent to an activating group) is 1. The molecule has 1 aliphatic heterocycles. The van der Waals surface area contributed by atoms with Gasteiger partial charge in [-0.2, -0.15) is 0 Å². The minimum atomic E-state index is -0.806. The number of carboxylic acid groups (broad SMARTS) is 1. The Balaban J connectivity index is 2.18. The number of carbonyl (C=O) groups is 1. The molecule has 3 unspecified atom stereocenters. The number of phenolic OH excluding ortho intramolecular Hbond substituents is 1. The SMILES string of the molecule is CCC(c1ccc(O)cc1)N(C)C1COCC1C(=O)O. The lowest BCUT2D eigenvalue weighted by Gasteiger charge is -2.34. The standard InChI is InChI=1S/C15H21NO4/c1-3-13(10-4-6-11(17)7-5-10)16(2)14-9-20-8-12(14)15(18)19/h4-7,12-14,17H,3,8-9H2,1-2H3,(H,18,19). The molecule has 0 saturated carbocycles. The summed E-state index contributed by atoms with van der Waals surface area (Å²) in [4.78, 5) is 13.4. The largest absolute Gasteiger partial charge is 0.508 e. The van der Waals surface area contributed by atoms with Gasteiger partial charge in [0.15, 0.2) is 0 Å². The van der Waals surface area contributed by atoms with E-state index in [4.69, 9.17) is 4.74 Å². The molecule has 5 heteroatoms. The van der Waals surface area contributed by atoms with E-state index in [2.05, 4.69) is 11.8 Å². The molecular weight excluding hydrogens is 258 g/mol. The zero-order valence-corrected chi connectivity index (χ0v) is 11.8. The van der Waals surface area contributed by atoms with Crippen LogP contribution in [0.4, 0.5) is 0 Å². The van der Waals surface area contributed by atoms with Crippen LogP contribution in [0.1, 0.15) is 24.9 Å². The van der Waals surface area contributed by atoms with Crippen molar-refractivity contribution in [1.82, 2.24) is 4.90 Å². The third kappa shape index (κ3) is 2.94. The number of aliphatic carboxylic acids is 1. The second-order valence-corrected chi connectivity index (χ2v) is 5.23. The maximum atomic E-state index is 11.3. The van der Waals surface area contributed by atoms with Crippen molar-refractivity contribution >= 4 is 5.97 Å². The molecule has 1 aromatic carbocycles. The van der Waals surface area contributed by atoms with Crippen molar-refractivity contribution in [3.8, 4) is 5.75 Å². The van der Waals surface area contributed by atoms with E-state index in [1.54, 1.807) is 12.1 Å². The lowest BCUT2D eigenvalue weighted by molar-refractivity contribution is -0.143. The Labute approximate surface area is 118 Å². The monoisotopic (exact) mass is 279 g/mol. The molecule has 0 bridgehead atoms. The molecule has 110 valence electrons. The lowest BCUT2D eigenvalue weighted by atomic mass is 9.96. The van der Waals surface area contributed by atoms with Gasteiger partial charge in [0.1, 0.15) is 5.75 Å². The fourth-order valence-corrected chi connectivity index (χ4v) is 2.87. The third-order valence-electron chi connectivity index (χ3n) is 4.05. The van der Waals surface area contributed by atoms with Gasteiger partial charge in [0, 0.05) is 12.1 Å². The van der Waals surface area contributed by atoms with Gasteiger partial charge >= 0.3 is 5.97 Å². The van der Waals surface area contributed by atoms with Gasteiger partial charge in [-0.1, -0.05) is 19.1 Å². The first-order valence-corrected chi connectivity index (χ1v) is 6.86. The number of carboxylic acids is 1. The van der Waals surface area contributed by atoms with E-state index >= 15 is 0 Å². The summed E-state index contributed by atoms with van der Waals surface area (Å²) in [6.07, 6.45) is 0.865. The van der Waals surface area contributed by atoms with E-state index in [0.717, 1.165) is 12.0 Å². The summed E-state index contributed by atoms with van der Waals surface area (Å²) in [7, 11) is 1.94. The van der Waals surface area contributed by atoms with Gasteiger partial charge in [-0.05, 0) is 31.2 Å². The van der Waals surface area contributed by atoms with Crippen LogP contribution in [0, 0.1) is 5.92 Å². The molecule has 3 atom stereocenters. The highest BCUT2D eigenvalue weighted by Gasteiger charge is 2.38. The highest BCUT2D eigenvalue weighted by molar-refractivity contribution is 5.71. The van der Waals surface area contributed by atoms with Gasteiger partial charge in [-0.3, -0.25) is 9.69 Å². The molecule has 0 spiro atoms. The average molecular weight is 279 g/mol. The number of aromatic hydroxyl groups is 1. The maximum absolute atomic E-state index is 11.3. The van der Waals surface area contributed by atoms with E-state index in [-0.39, 0.29) is 24.4 Å². The molecule has 1 fully saturated rings. The van der Waals surface area contributed by atoms with Crippen molar-refractivity contribution in [3.63, 3.8) is 0 Å². The Morgan fingerprint density at radius 3 is 2.60 bits per heavy atom. The fourth-order valence-electron chi connectivity index (χ4n) is 2.87. The van der Waals surface area contributed by atoms with Gasteiger partial charge in [-0.25, -0.2) is 0 Å². The number of ether oxygens (including phenoxy) is 1. The summed E-state index contributed by atoms with van der Waals surface area (Å²) in [5.74, 6) is -1.05. The molecule has 0 aliphatic carbocycles. The molecule has 1 aromatic rings. The van der Waals surface area contributed by atoms with E-state index in [0.29, 0.717) is 6.61 Å². The van der Waals surface area contributed by atoms with Crippen LogP contribution in [-0.4, -0.2) is 47.4 Å². The molecule has 20 heavy (non-hydrogen) atoms. The first-order chi connectivity index (χ1) is 9.54. The van der Waals surface area contributed by atoms with Gasteiger partial charge in [0.05, 0.1) is 19.1 Å². The molecule has 2 N–H and O–H groups in total. The minimum Gasteiger partial charge on any atom is -0.508 e. The second-order valence-electron chi connectivity index (χ2n) is 5.23. The molecule has 1 saturated heterocycles. The van der Waals surface area contributed by atoms with Crippen molar-refractivity contribution in [3.05, 3.63) is 29.8 Å². The summed E-state index contributed by atoms with van der Waals surface area (Å²) >= 11 is 0. The zero-order valence-electron chi connectivity index (χ0n) is 11.8. The van der Waals surface area contributed by atoms with Gasteiger partial charge in [0.2, 0.25) is 0 Å². The topological polar surface area (TPSA) is 70.0 Å². The molecule has 0 aromatic heterocycles. The second kappa shape index (κ2) is 6.24. The van der Waals surface area contributed by atoms with Gasteiger partial charge in [-0.15, -0.1) is 0 Å². The number of benzene rings is 1. The number of phenols is 1. The highest BCUT2D eigenvalue weighted by Crippen LogP contribution is 2.30. The van der Waals surface area contributed by atoms with Crippen LogP contribution in [0.25, 0.3) is 0 Å². The molecule has 1 heterocycles. The summed E-state index contributed by atoms with van der Waals surface area (Å²) in [6, 6.07) is 7.07. The van der Waals surface area contributed by atoms with E-state index in [1.807, 2.05) is 19.2 Å². The summed E-state index contributed by atoms with van der Waals surface area (Å²) in [5.41, 5.74) is 1.07. The summed E-state index contributed by atoms with van der Waals surface area (Å²) in [6.45, 7) is 2.79. The minimum absolute atomic E-state index is 0.115. The van der Waals surface area contributed by atoms with Crippen LogP contribution in [0.3, 0.4) is 0 Å². The number of hydrogen-bond donors (Lipinski definition) is 2. The van der Waals surface area contributed by atoms with Crippen molar-refractivity contribution in [2.24, 2.45) is 5.92 Å². The average Bonchev–Trinajstić information content (AvgIpc) is 2.91. The van der Waals surface area contributed by atoms with Crippen molar-refractivity contribution in [1.29, 1.82) is 0 Å². The van der Waals surface area contributed by atoms with E-state index in [9.17, 15) is 15.0 Å². The van der Waals surface area contributed by atoms with E-state index in [1.165, 1.54) is 0 Å². The van der Waals surface area contributed by atoms with Crippen molar-refractivity contribution in [2.45, 2.75) is 25.4 Å². The molecule has 0 amide bonds. The predicted octanol–water partition coefficient (Wildman–Crippen LogP) is 1.87. The van der Waals surface area contributed by atoms with Crippen LogP contribution in [0.5, 0.6) is 5.75 Å². The third-order valence-corrected chi connectivity index (χ3v) is 4.05. The summed E-state index contributed by atoms with van der Waals surface area (Å²) in [5, 5.41) is 18.6. The maximum Gasteiger partial charge on any atom is 0.310 e. The predicted molar refractivity (Wildman–Crippen MR) is 74.6 cm³/mol. The first-order valence-electron chi connectivity index (χ1n) is 6.86. The number of rotatable bonds is 5. The van der Waals surface area contributed by atoms with Gasteiger partial charge < -0.3 is 14.9 Å². The summed E-state index contributed by atoms with van der Waals surface area (Å²) < 4.78 is 5.34. The lowest BCUT2D eigenvalue weighted by Crippen LogP contribution is -2.42. The van der Waals surface area contributed by atoms with Crippen molar-refractivity contribution < 1.29 is 19.7 Å². The smallest absolute Gasteiger partial charge is 0.310 e. The Morgan fingerprint density at radius 2 is 2.05 bits per heavy atom. The van der Waals surface area contributed by atoms with Crippen LogP contribution in [0.15, 0.2) is 24.3 Å². The Bertz CT molecular complexity index is 459. The molecular formula is C15H21NO4. The number of hydrogen-bond acceptors (Lipinski definition) is 4. The normalized spacial score (nSPS) is 23.9. The van der Waals surface area contributed by atoms with Crippen molar-refractivity contribution in [2.75, 3.05) is 20.3 Å². The van der Waals surface area contributed by atoms with Crippen LogP contribution >= 0.6 is 0 Å². The molecule has 2 rings (SSSR count). The Hall–Kier alpha value is -1.59. The zero-order chi connectivity index (χ0) is 14.7. The van der Waals surface area contributed by atoms with Crippen LogP contribution in [-0.2, 0) is 9.53 Å². The molecule has 0 radical (unpaired) electrons. The van der Waals surface area contributed by atoms with Crippen LogP contribution in [0.2, 0.25) is 0 Å². The first kappa shape index (κ1) is 14.8. The Morgan fingerprint density at radius 1 is 1.40 bits per heavy atom. The molecule has 1 aliphatic rings. The molecule has 5 nitrogen and oxygen atoms in total. The van der Waals surface area contributed by atoms with Crippen LogP contribution < -0.4 is 0 Å². The number of nitrogens with zero attached hydrogens (tertiary/aromatic N) is 1. The Kier molecular flexibility index (Phi) is 4.62. The quantitative estimate of drug-likeness (QED) is 0.861.